The van der Waals surface area contributed by atoms with Crippen LogP contribution in [0.15, 0.2) is 48.4 Å². The van der Waals surface area contributed by atoms with E-state index in [-0.39, 0.29) is 11.3 Å². The van der Waals surface area contributed by atoms with Gasteiger partial charge in [0.05, 0.1) is 23.7 Å². The molecule has 0 bridgehead atoms. The van der Waals surface area contributed by atoms with Gasteiger partial charge in [0.1, 0.15) is 0 Å². The van der Waals surface area contributed by atoms with Crippen LogP contribution in [0.3, 0.4) is 0 Å². The van der Waals surface area contributed by atoms with Gasteiger partial charge < -0.3 is 5.73 Å². The van der Waals surface area contributed by atoms with Crippen molar-refractivity contribution in [3.8, 4) is 0 Å². The second kappa shape index (κ2) is 4.04. The largest absolute Gasteiger partial charge is 0.351 e. The fourth-order valence-corrected chi connectivity index (χ4v) is 1.65. The summed E-state index contributed by atoms with van der Waals surface area (Å²) in [7, 11) is 0. The van der Waals surface area contributed by atoms with Crippen molar-refractivity contribution in [3.05, 3.63) is 59.5 Å². The molecule has 3 heteroatoms. The second-order valence-corrected chi connectivity index (χ2v) is 3.45. The fourth-order valence-electron chi connectivity index (χ4n) is 1.65. The highest BCUT2D eigenvalue weighted by Gasteiger charge is 2.21. The minimum absolute atomic E-state index is 0.257. The number of carbonyl (C=O) groups excluding carboxylic acids is 1. The van der Waals surface area contributed by atoms with E-state index in [1.54, 1.807) is 0 Å². The Morgan fingerprint density at radius 3 is 2.33 bits per heavy atom. The Kier molecular flexibility index (Phi) is 1.03. The van der Waals surface area contributed by atoms with Crippen LogP contribution in [-0.2, 0) is 0 Å². The lowest BCUT2D eigenvalue weighted by atomic mass is 10.1. The van der Waals surface area contributed by atoms with E-state index in [4.69, 9.17) is 18.1 Å². The fraction of sp³-hybridized carbons (Fsp3) is 0. The zero-order chi connectivity index (χ0) is 20.4. The summed E-state index contributed by atoms with van der Waals surface area (Å²) in [6, 6.07) is -5.57. The lowest BCUT2D eigenvalue weighted by Gasteiger charge is -2.22. The number of hydrogen-bond donors (Lipinski definition) is 1. The predicted octanol–water partition coefficient (Wildman–Crippen LogP) is 3.39. The van der Waals surface area contributed by atoms with Gasteiger partial charge in [-0.1, -0.05) is 48.4 Å². The highest BCUT2D eigenvalue weighted by Crippen LogP contribution is 2.35. The molecule has 1 aliphatic rings. The number of nitrogens with two attached hydrogens (primary N) is 1. The van der Waals surface area contributed by atoms with Crippen molar-refractivity contribution in [1.82, 2.24) is 0 Å². The Bertz CT molecular complexity index is 1060. The van der Waals surface area contributed by atoms with E-state index in [0.717, 1.165) is 6.07 Å². The molecule has 1 heterocycles. The first-order chi connectivity index (χ1) is 12.5. The molecule has 0 fully saturated rings. The number of hydrogen-bond acceptors (Lipinski definition) is 1. The summed E-state index contributed by atoms with van der Waals surface area (Å²) in [5, 5.41) is 0. The van der Waals surface area contributed by atoms with Crippen LogP contribution in [0.5, 0.6) is 0 Å². The number of primary amides is 1. The van der Waals surface area contributed by atoms with Crippen molar-refractivity contribution in [2.75, 3.05) is 4.90 Å². The first-order valence-electron chi connectivity index (χ1n) is 9.49. The monoisotopic (exact) mass is 245 g/mol. The van der Waals surface area contributed by atoms with Crippen molar-refractivity contribution in [2.45, 2.75) is 0 Å². The maximum Gasteiger partial charge on any atom is 0.323 e. The zero-order valence-corrected chi connectivity index (χ0v) is 9.01. The van der Waals surface area contributed by atoms with Gasteiger partial charge in [-0.2, -0.15) is 0 Å². The van der Waals surface area contributed by atoms with Crippen LogP contribution in [0, 0.1) is 0 Å². The third kappa shape index (κ3) is 1.57. The molecule has 0 unspecified atom stereocenters. The smallest absolute Gasteiger partial charge is 0.323 e. The molecule has 0 saturated carbocycles. The van der Waals surface area contributed by atoms with E-state index >= 15 is 0 Å². The summed E-state index contributed by atoms with van der Waals surface area (Å²) in [6.45, 7) is 0. The van der Waals surface area contributed by atoms with E-state index in [1.165, 1.54) is 0 Å². The summed E-state index contributed by atoms with van der Waals surface area (Å²) in [4.78, 5) is 12.9. The number of nitrogens with zero attached hydrogens (tertiary/aromatic N) is 1. The van der Waals surface area contributed by atoms with Crippen LogP contribution in [0.4, 0.5) is 16.2 Å². The van der Waals surface area contributed by atoms with Crippen molar-refractivity contribution < 1.29 is 17.1 Å². The topological polar surface area (TPSA) is 46.3 Å². The van der Waals surface area contributed by atoms with E-state index in [9.17, 15) is 4.79 Å². The number of amides is 2. The van der Waals surface area contributed by atoms with Gasteiger partial charge in [0, 0.05) is 0 Å². The third-order valence-electron chi connectivity index (χ3n) is 2.39. The molecular formula is C15H12N2O. The molecular weight excluding hydrogens is 224 g/mol. The first kappa shape index (κ1) is 4.61. The summed E-state index contributed by atoms with van der Waals surface area (Å²) in [6.07, 6.45) is 0. The van der Waals surface area contributed by atoms with Crippen LogP contribution >= 0.6 is 0 Å². The van der Waals surface area contributed by atoms with E-state index in [0.29, 0.717) is 4.90 Å². The van der Waals surface area contributed by atoms with Gasteiger partial charge in [0.15, 0.2) is 0 Å². The Hall–Kier alpha value is -2.55. The maximum atomic E-state index is 12.2. The molecule has 0 aliphatic carbocycles. The molecule has 18 heavy (non-hydrogen) atoms. The number of rotatable bonds is 0. The zero-order valence-electron chi connectivity index (χ0n) is 18.0. The van der Waals surface area contributed by atoms with Crippen LogP contribution in [0.1, 0.15) is 23.5 Å². The van der Waals surface area contributed by atoms with E-state index in [2.05, 4.69) is 0 Å². The van der Waals surface area contributed by atoms with Crippen molar-refractivity contribution in [2.24, 2.45) is 5.73 Å². The second-order valence-electron chi connectivity index (χ2n) is 3.45. The van der Waals surface area contributed by atoms with Gasteiger partial charge in [0.2, 0.25) is 0 Å². The molecule has 88 valence electrons. The molecule has 0 spiro atoms. The molecule has 0 atom stereocenters. The molecule has 2 N–H and O–H groups in total. The lowest BCUT2D eigenvalue weighted by molar-refractivity contribution is 0.256. The van der Waals surface area contributed by atoms with Gasteiger partial charge in [-0.05, 0) is 23.2 Å². The highest BCUT2D eigenvalue weighted by molar-refractivity contribution is 6.04. The number of para-hydroxylation sites is 2. The Morgan fingerprint density at radius 2 is 1.61 bits per heavy atom. The SMILES string of the molecule is [2H]C1=C([2H])c2c([2H])c([2H])c([2H])c([2H])c2N(C(N)=O)c2cc([2H])c([2H])c([2H])c21. The maximum absolute atomic E-state index is 12.2. The number of fused-ring (bicyclic) bond motifs is 2. The van der Waals surface area contributed by atoms with Crippen molar-refractivity contribution >= 4 is 29.5 Å². The average Bonchev–Trinajstić information content (AvgIpc) is 2.70. The minimum atomic E-state index is -1.18. The summed E-state index contributed by atoms with van der Waals surface area (Å²) >= 11 is 0. The summed E-state index contributed by atoms with van der Waals surface area (Å²) < 4.78 is 72.1. The van der Waals surface area contributed by atoms with E-state index in [1.807, 2.05) is 0 Å². The predicted molar refractivity (Wildman–Crippen MR) is 73.5 cm³/mol. The van der Waals surface area contributed by atoms with Crippen LogP contribution in [-0.4, -0.2) is 6.03 Å². The van der Waals surface area contributed by atoms with Crippen molar-refractivity contribution in [1.29, 1.82) is 0 Å². The Labute approximate surface area is 118 Å². The molecule has 2 aromatic carbocycles. The van der Waals surface area contributed by atoms with Gasteiger partial charge in [-0.3, -0.25) is 4.90 Å². The summed E-state index contributed by atoms with van der Waals surface area (Å²) in [5.74, 6) is 0. The Balaban J connectivity index is 2.63. The minimum Gasteiger partial charge on any atom is -0.351 e. The normalized spacial score (nSPS) is 20.7. The third-order valence-corrected chi connectivity index (χ3v) is 2.39. The van der Waals surface area contributed by atoms with E-state index < -0.39 is 71.7 Å². The summed E-state index contributed by atoms with van der Waals surface area (Å²) in [5.41, 5.74) is 3.99. The average molecular weight is 245 g/mol. The molecule has 0 saturated heterocycles. The number of urea groups is 1. The van der Waals surface area contributed by atoms with Crippen LogP contribution in [0.2, 0.25) is 0 Å². The Morgan fingerprint density at radius 1 is 1.00 bits per heavy atom. The van der Waals surface area contributed by atoms with Gasteiger partial charge in [-0.25, -0.2) is 4.79 Å². The molecule has 0 radical (unpaired) electrons. The van der Waals surface area contributed by atoms with Crippen LogP contribution in [0.25, 0.3) is 12.1 Å². The van der Waals surface area contributed by atoms with Crippen molar-refractivity contribution in [3.63, 3.8) is 0 Å². The number of benzene rings is 2. The number of anilines is 2. The molecule has 2 amide bonds. The molecule has 2 aromatic rings. The lowest BCUT2D eigenvalue weighted by Crippen LogP contribution is -2.32. The molecule has 3 nitrogen and oxygen atoms in total. The van der Waals surface area contributed by atoms with Gasteiger partial charge >= 0.3 is 6.03 Å². The molecule has 1 aliphatic heterocycles. The molecule has 0 aromatic heterocycles. The van der Waals surface area contributed by atoms with Crippen LogP contribution < -0.4 is 10.6 Å². The van der Waals surface area contributed by atoms with Gasteiger partial charge in [-0.15, -0.1) is 0 Å². The highest BCUT2D eigenvalue weighted by atomic mass is 16.2. The quantitative estimate of drug-likeness (QED) is 0.759. The van der Waals surface area contributed by atoms with Gasteiger partial charge in [0.25, 0.3) is 0 Å². The first-order valence-corrected chi connectivity index (χ1v) is 4.99. The standard InChI is InChI=1S/C15H12N2O/c16-15(18)17-13-7-3-1-5-11(13)9-10-12-6-2-4-8-14(12)17/h1-10H,(H2,16,18)/i1D,2D,3D,4D,5D,6D,7D,9D,10D. The molecule has 3 rings (SSSR count). The number of carbonyl (C=O) groups is 1.